The lowest BCUT2D eigenvalue weighted by molar-refractivity contribution is -0.137. The smallest absolute Gasteiger partial charge is 0.303 e. The maximum absolute atomic E-state index is 12.9. The molecule has 5 rings (SSSR count). The van der Waals surface area contributed by atoms with E-state index >= 15 is 0 Å². The number of carbonyl (C=O) groups excluding carboxylic acids is 1. The minimum Gasteiger partial charge on any atom is -0.481 e. The fourth-order valence-electron chi connectivity index (χ4n) is 6.65. The predicted molar refractivity (Wildman–Crippen MR) is 202 cm³/mol. The van der Waals surface area contributed by atoms with Crippen LogP contribution in [0.4, 0.5) is 0 Å². The number of amides is 1. The molecule has 4 N–H and O–H groups in total. The fourth-order valence-corrected chi connectivity index (χ4v) is 6.65. The summed E-state index contributed by atoms with van der Waals surface area (Å²) < 4.78 is 0. The Balaban J connectivity index is 1.70. The first-order chi connectivity index (χ1) is 23.4. The number of nitrogens with zero attached hydrogens (tertiary/aromatic N) is 3. The van der Waals surface area contributed by atoms with E-state index in [2.05, 4.69) is 67.4 Å². The second-order valence-corrected chi connectivity index (χ2v) is 13.2. The van der Waals surface area contributed by atoms with Crippen LogP contribution in [0, 0.1) is 13.8 Å². The molecule has 5 heterocycles. The Hall–Kier alpha value is -5.02. The molecule has 0 aromatic carbocycles. The number of aryl methyl sites for hydroxylation is 3. The summed E-state index contributed by atoms with van der Waals surface area (Å²) in [4.78, 5) is 44.1. The van der Waals surface area contributed by atoms with E-state index in [0.717, 1.165) is 109 Å². The summed E-state index contributed by atoms with van der Waals surface area (Å²) in [6.07, 6.45) is 6.86. The van der Waals surface area contributed by atoms with Gasteiger partial charge in [0.05, 0.1) is 22.8 Å². The molecule has 0 fully saturated rings. The summed E-state index contributed by atoms with van der Waals surface area (Å²) in [6.45, 7) is 18.0. The molecule has 9 nitrogen and oxygen atoms in total. The van der Waals surface area contributed by atoms with Gasteiger partial charge in [-0.3, -0.25) is 9.59 Å². The van der Waals surface area contributed by atoms with E-state index in [1.807, 2.05) is 44.2 Å². The lowest BCUT2D eigenvalue weighted by Crippen LogP contribution is -2.25. The van der Waals surface area contributed by atoms with Gasteiger partial charge in [0.25, 0.3) is 0 Å². The van der Waals surface area contributed by atoms with Crippen molar-refractivity contribution in [3.63, 3.8) is 0 Å². The van der Waals surface area contributed by atoms with Crippen LogP contribution < -0.4 is 5.32 Å². The van der Waals surface area contributed by atoms with Gasteiger partial charge in [-0.25, -0.2) is 9.97 Å². The number of aromatic nitrogens is 4. The molecule has 2 aliphatic rings. The SMILES string of the molecule is C=CC1=C(C)c2cc3[nH]c(cc4nc(cc5[nH]c(cc1n2)c(C)c5CCC(=O)O)C(CCC(=O)NCCCCN(C)C)=C4C)c(C)c3C=C. The number of carboxylic acids is 1. The third kappa shape index (κ3) is 7.67. The highest BCUT2D eigenvalue weighted by Gasteiger charge is 2.21. The predicted octanol–water partition coefficient (Wildman–Crippen LogP) is 7.88. The third-order valence-corrected chi connectivity index (χ3v) is 9.59. The summed E-state index contributed by atoms with van der Waals surface area (Å²) in [5, 5.41) is 12.7. The van der Waals surface area contributed by atoms with Crippen LogP contribution in [-0.2, 0) is 16.0 Å². The molecule has 0 atom stereocenters. The Kier molecular flexibility index (Phi) is 10.8. The second kappa shape index (κ2) is 15.0. The van der Waals surface area contributed by atoms with Crippen LogP contribution in [-0.4, -0.2) is 69.0 Å². The quantitative estimate of drug-likeness (QED) is 0.138. The van der Waals surface area contributed by atoms with E-state index in [0.29, 0.717) is 25.8 Å². The highest BCUT2D eigenvalue weighted by Crippen LogP contribution is 2.36. The molecule has 49 heavy (non-hydrogen) atoms. The van der Waals surface area contributed by atoms with E-state index in [1.54, 1.807) is 0 Å². The van der Waals surface area contributed by atoms with E-state index in [9.17, 15) is 14.7 Å². The van der Waals surface area contributed by atoms with Gasteiger partial charge in [-0.05, 0) is 132 Å². The lowest BCUT2D eigenvalue weighted by Gasteiger charge is -2.10. The number of fused-ring (bicyclic) bond motifs is 8. The molecule has 1 amide bonds. The van der Waals surface area contributed by atoms with Crippen LogP contribution in [0.25, 0.3) is 50.4 Å². The lowest BCUT2D eigenvalue weighted by atomic mass is 10.00. The molecule has 3 aromatic rings. The van der Waals surface area contributed by atoms with Crippen LogP contribution in [0.2, 0.25) is 0 Å². The Morgan fingerprint density at radius 3 is 2.12 bits per heavy atom. The van der Waals surface area contributed by atoms with E-state index in [1.165, 1.54) is 0 Å². The molecular formula is C40H48N6O3. The summed E-state index contributed by atoms with van der Waals surface area (Å²) in [7, 11) is 4.10. The number of hydrogen-bond acceptors (Lipinski definition) is 5. The average molecular weight is 661 g/mol. The Morgan fingerprint density at radius 1 is 0.796 bits per heavy atom. The molecular weight excluding hydrogens is 612 g/mol. The number of nitrogens with one attached hydrogen (secondary N) is 3. The van der Waals surface area contributed by atoms with Gasteiger partial charge >= 0.3 is 5.97 Å². The van der Waals surface area contributed by atoms with E-state index < -0.39 is 5.97 Å². The Morgan fingerprint density at radius 2 is 1.43 bits per heavy atom. The maximum Gasteiger partial charge on any atom is 0.303 e. The molecule has 0 saturated heterocycles. The summed E-state index contributed by atoms with van der Waals surface area (Å²) in [5.74, 6) is -0.842. The van der Waals surface area contributed by atoms with Gasteiger partial charge in [-0.15, -0.1) is 0 Å². The van der Waals surface area contributed by atoms with Crippen LogP contribution >= 0.6 is 0 Å². The molecule has 0 spiro atoms. The number of unbranched alkanes of at least 4 members (excludes halogenated alkanes) is 1. The van der Waals surface area contributed by atoms with Crippen molar-refractivity contribution >= 4 is 62.3 Å². The Labute approximate surface area is 288 Å². The minimum absolute atomic E-state index is 0.00234. The number of allylic oxidation sites excluding steroid dienone is 5. The molecule has 0 unspecified atom stereocenters. The number of carboxylic acid groups (broad SMARTS) is 1. The van der Waals surface area contributed by atoms with Crippen molar-refractivity contribution in [3.8, 4) is 0 Å². The van der Waals surface area contributed by atoms with Crippen molar-refractivity contribution < 1.29 is 14.7 Å². The minimum atomic E-state index is -0.857. The number of carbonyl (C=O) groups is 2. The fraction of sp³-hybridized carbons (Fsp3) is 0.350. The first-order valence-corrected chi connectivity index (χ1v) is 17.0. The molecule has 256 valence electrons. The van der Waals surface area contributed by atoms with Gasteiger partial charge in [-0.1, -0.05) is 25.3 Å². The van der Waals surface area contributed by atoms with Gasteiger partial charge in [-0.2, -0.15) is 0 Å². The highest BCUT2D eigenvalue weighted by molar-refractivity contribution is 5.98. The first-order valence-electron chi connectivity index (χ1n) is 17.0. The maximum atomic E-state index is 12.9. The van der Waals surface area contributed by atoms with Crippen LogP contribution in [0.1, 0.15) is 91.0 Å². The Bertz CT molecular complexity index is 2060. The van der Waals surface area contributed by atoms with Crippen molar-refractivity contribution in [3.05, 3.63) is 88.5 Å². The number of hydrogen-bond donors (Lipinski definition) is 4. The van der Waals surface area contributed by atoms with Gasteiger partial charge in [0.1, 0.15) is 0 Å². The van der Waals surface area contributed by atoms with E-state index in [4.69, 9.17) is 9.97 Å². The zero-order valence-electron chi connectivity index (χ0n) is 29.6. The molecule has 3 aromatic heterocycles. The molecule has 8 bridgehead atoms. The largest absolute Gasteiger partial charge is 0.481 e. The van der Waals surface area contributed by atoms with Crippen molar-refractivity contribution in [1.29, 1.82) is 0 Å². The highest BCUT2D eigenvalue weighted by atomic mass is 16.4. The number of aliphatic carboxylic acids is 1. The molecule has 0 saturated carbocycles. The number of aromatic amines is 2. The van der Waals surface area contributed by atoms with Gasteiger partial charge in [0.15, 0.2) is 0 Å². The zero-order valence-corrected chi connectivity index (χ0v) is 29.6. The number of H-pyrrole nitrogens is 2. The molecule has 9 heteroatoms. The van der Waals surface area contributed by atoms with E-state index in [-0.39, 0.29) is 12.3 Å². The second-order valence-electron chi connectivity index (χ2n) is 13.2. The molecule has 0 aliphatic carbocycles. The summed E-state index contributed by atoms with van der Waals surface area (Å²) in [6, 6.07) is 8.12. The third-order valence-electron chi connectivity index (χ3n) is 9.59. The standard InChI is InChI=1S/C40H48N6O3/c1-9-27-23(3)31-19-32-25(5)29(13-15-39(47)41-17-11-12-18-46(7)8)37(44-32)22-38-30(14-16-40(48)49)26(6)34(45-38)21-36-28(10-2)24(4)33(43-36)20-35(27)42-31/h9-10,19-22,42,45H,1-2,11-18H2,3-8H3,(H,41,47)(H,48,49). The molecule has 2 aliphatic heterocycles. The topological polar surface area (TPSA) is 127 Å². The van der Waals surface area contributed by atoms with Gasteiger partial charge < -0.3 is 25.3 Å². The number of rotatable bonds is 13. The van der Waals surface area contributed by atoms with Crippen molar-refractivity contribution in [2.45, 2.75) is 66.2 Å². The zero-order chi connectivity index (χ0) is 35.4. The van der Waals surface area contributed by atoms with Crippen LogP contribution in [0.5, 0.6) is 0 Å². The monoisotopic (exact) mass is 660 g/mol. The van der Waals surface area contributed by atoms with Gasteiger partial charge in [0, 0.05) is 52.6 Å². The van der Waals surface area contributed by atoms with Crippen molar-refractivity contribution in [2.24, 2.45) is 0 Å². The molecule has 0 radical (unpaired) electrons. The average Bonchev–Trinajstić information content (AvgIpc) is 3.71. The van der Waals surface area contributed by atoms with Crippen LogP contribution in [0.3, 0.4) is 0 Å². The van der Waals surface area contributed by atoms with Crippen molar-refractivity contribution in [2.75, 3.05) is 27.2 Å². The van der Waals surface area contributed by atoms with Crippen LogP contribution in [0.15, 0.2) is 43.5 Å². The summed E-state index contributed by atoms with van der Waals surface area (Å²) >= 11 is 0. The summed E-state index contributed by atoms with van der Waals surface area (Å²) in [5.41, 5.74) is 14.5. The normalized spacial score (nSPS) is 13.0. The van der Waals surface area contributed by atoms with Gasteiger partial charge in [0.2, 0.25) is 5.91 Å². The van der Waals surface area contributed by atoms with Crippen molar-refractivity contribution in [1.82, 2.24) is 30.2 Å². The first kappa shape index (κ1) is 35.3.